The van der Waals surface area contributed by atoms with E-state index in [4.69, 9.17) is 0 Å². The molecule has 2 heterocycles. The van der Waals surface area contributed by atoms with E-state index in [1.54, 1.807) is 6.33 Å². The minimum Gasteiger partial charge on any atom is -0.327 e. The van der Waals surface area contributed by atoms with Crippen LogP contribution in [-0.4, -0.2) is 14.5 Å². The second kappa shape index (κ2) is 3.63. The van der Waals surface area contributed by atoms with Crippen molar-refractivity contribution >= 4 is 11.0 Å². The molecular formula is C17H25N3. The van der Waals surface area contributed by atoms with Gasteiger partial charge in [0.25, 0.3) is 0 Å². The molecule has 3 rings (SSSR count). The van der Waals surface area contributed by atoms with E-state index in [9.17, 15) is 0 Å². The summed E-state index contributed by atoms with van der Waals surface area (Å²) in [4.78, 5) is 9.22. The molecule has 0 radical (unpaired) electrons. The van der Waals surface area contributed by atoms with Crippen molar-refractivity contribution in [3.63, 3.8) is 0 Å². The highest BCUT2D eigenvalue weighted by Gasteiger charge is 2.42. The Morgan fingerprint density at radius 3 is 2.30 bits per heavy atom. The Morgan fingerprint density at radius 1 is 1.05 bits per heavy atom. The van der Waals surface area contributed by atoms with Crippen molar-refractivity contribution < 1.29 is 0 Å². The van der Waals surface area contributed by atoms with Crippen molar-refractivity contribution in [2.75, 3.05) is 0 Å². The monoisotopic (exact) mass is 271 g/mol. The van der Waals surface area contributed by atoms with Crippen LogP contribution in [0.15, 0.2) is 12.5 Å². The molecule has 2 aromatic heterocycles. The molecule has 20 heavy (non-hydrogen) atoms. The van der Waals surface area contributed by atoms with E-state index in [1.807, 2.05) is 0 Å². The average molecular weight is 271 g/mol. The first-order chi connectivity index (χ1) is 9.04. The van der Waals surface area contributed by atoms with Crippen LogP contribution in [0.2, 0.25) is 0 Å². The van der Waals surface area contributed by atoms with Gasteiger partial charge in [-0.05, 0) is 38.2 Å². The molecule has 0 spiro atoms. The number of hydrogen-bond donors (Lipinski definition) is 0. The maximum atomic E-state index is 4.63. The Morgan fingerprint density at radius 2 is 1.70 bits per heavy atom. The van der Waals surface area contributed by atoms with Crippen LogP contribution in [-0.2, 0) is 16.4 Å². The smallest absolute Gasteiger partial charge is 0.144 e. The summed E-state index contributed by atoms with van der Waals surface area (Å²) in [7, 11) is 0. The largest absolute Gasteiger partial charge is 0.327 e. The average Bonchev–Trinajstić information content (AvgIpc) is 2.65. The van der Waals surface area contributed by atoms with Crippen LogP contribution in [0.25, 0.3) is 11.0 Å². The van der Waals surface area contributed by atoms with Gasteiger partial charge in [0.2, 0.25) is 0 Å². The quantitative estimate of drug-likeness (QED) is 0.721. The molecule has 0 saturated carbocycles. The summed E-state index contributed by atoms with van der Waals surface area (Å²) in [5.74, 6) is 0. The second-order valence-corrected chi connectivity index (χ2v) is 8.45. The second-order valence-electron chi connectivity index (χ2n) is 8.45. The molecule has 0 fully saturated rings. The van der Waals surface area contributed by atoms with Crippen LogP contribution in [0, 0.1) is 0 Å². The van der Waals surface area contributed by atoms with Gasteiger partial charge < -0.3 is 4.57 Å². The highest BCUT2D eigenvalue weighted by molar-refractivity contribution is 5.86. The van der Waals surface area contributed by atoms with Gasteiger partial charge in [-0.3, -0.25) is 0 Å². The van der Waals surface area contributed by atoms with Crippen molar-refractivity contribution in [2.24, 2.45) is 0 Å². The fourth-order valence-electron chi connectivity index (χ4n) is 3.88. The van der Waals surface area contributed by atoms with E-state index in [0.717, 1.165) is 12.1 Å². The first-order valence-corrected chi connectivity index (χ1v) is 7.41. The third-order valence-electron chi connectivity index (χ3n) is 4.56. The van der Waals surface area contributed by atoms with Crippen molar-refractivity contribution in [1.82, 2.24) is 14.5 Å². The summed E-state index contributed by atoms with van der Waals surface area (Å²) >= 11 is 0. The topological polar surface area (TPSA) is 30.7 Å². The molecule has 3 nitrogen and oxygen atoms in total. The molecule has 0 bridgehead atoms. The molecule has 0 amide bonds. The summed E-state index contributed by atoms with van der Waals surface area (Å²) in [6.45, 7) is 16.0. The van der Waals surface area contributed by atoms with Crippen molar-refractivity contribution in [3.05, 3.63) is 23.8 Å². The summed E-state index contributed by atoms with van der Waals surface area (Å²) in [5.41, 5.74) is 3.99. The highest BCUT2D eigenvalue weighted by atomic mass is 15.1. The van der Waals surface area contributed by atoms with Crippen molar-refractivity contribution in [3.8, 4) is 0 Å². The molecule has 0 N–H and O–H groups in total. The first-order valence-electron chi connectivity index (χ1n) is 7.41. The fourth-order valence-corrected chi connectivity index (χ4v) is 3.88. The molecule has 0 aliphatic heterocycles. The number of aromatic nitrogens is 3. The predicted molar refractivity (Wildman–Crippen MR) is 83.2 cm³/mol. The Kier molecular flexibility index (Phi) is 2.47. The third-order valence-corrected chi connectivity index (χ3v) is 4.56. The summed E-state index contributed by atoms with van der Waals surface area (Å²) in [5, 5.41) is 1.28. The van der Waals surface area contributed by atoms with E-state index in [2.05, 4.69) is 69.2 Å². The van der Waals surface area contributed by atoms with E-state index < -0.39 is 0 Å². The SMILES string of the molecule is CC1(C)CC(C)(C)c2ncnc3c2c1cn3C(C)(C)C. The molecule has 1 aliphatic rings. The van der Waals surface area contributed by atoms with E-state index in [1.165, 1.54) is 16.6 Å². The van der Waals surface area contributed by atoms with Gasteiger partial charge in [0.05, 0.1) is 5.69 Å². The van der Waals surface area contributed by atoms with Crippen molar-refractivity contribution in [2.45, 2.75) is 71.3 Å². The zero-order valence-electron chi connectivity index (χ0n) is 13.7. The van der Waals surface area contributed by atoms with E-state index >= 15 is 0 Å². The Hall–Kier alpha value is -1.38. The maximum Gasteiger partial charge on any atom is 0.144 e. The molecule has 108 valence electrons. The standard InChI is InChI=1S/C17H25N3/c1-15(2,3)20-8-11-12-13(18-10-19-14(12)20)17(6,7)9-16(11,4)5/h8,10H,9H2,1-7H3. The van der Waals surface area contributed by atoms with Gasteiger partial charge in [-0.25, -0.2) is 9.97 Å². The third kappa shape index (κ3) is 1.72. The van der Waals surface area contributed by atoms with Gasteiger partial charge in [-0.1, -0.05) is 27.7 Å². The molecule has 2 aromatic rings. The van der Waals surface area contributed by atoms with Gasteiger partial charge in [0.1, 0.15) is 12.0 Å². The molecule has 3 heteroatoms. The van der Waals surface area contributed by atoms with Crippen LogP contribution < -0.4 is 0 Å². The van der Waals surface area contributed by atoms with Crippen LogP contribution in [0.1, 0.15) is 66.1 Å². The van der Waals surface area contributed by atoms with Gasteiger partial charge >= 0.3 is 0 Å². The Balaban J connectivity index is 2.47. The lowest BCUT2D eigenvalue weighted by molar-refractivity contribution is 0.333. The number of nitrogens with zero attached hydrogens (tertiary/aromatic N) is 3. The van der Waals surface area contributed by atoms with Gasteiger partial charge in [-0.15, -0.1) is 0 Å². The van der Waals surface area contributed by atoms with Gasteiger partial charge in [-0.2, -0.15) is 0 Å². The molecule has 1 aliphatic carbocycles. The van der Waals surface area contributed by atoms with Crippen LogP contribution in [0.4, 0.5) is 0 Å². The lowest BCUT2D eigenvalue weighted by Gasteiger charge is -2.39. The highest BCUT2D eigenvalue weighted by Crippen LogP contribution is 2.49. The van der Waals surface area contributed by atoms with Crippen LogP contribution in [0.5, 0.6) is 0 Å². The summed E-state index contributed by atoms with van der Waals surface area (Å²) in [6.07, 6.45) is 5.15. The summed E-state index contributed by atoms with van der Waals surface area (Å²) in [6, 6.07) is 0. The number of hydrogen-bond acceptors (Lipinski definition) is 2. The lowest BCUT2D eigenvalue weighted by atomic mass is 9.65. The first kappa shape index (κ1) is 13.6. The normalized spacial score (nSPS) is 20.4. The minimum atomic E-state index is 0.0344. The molecule has 0 atom stereocenters. The zero-order chi connectivity index (χ0) is 14.9. The number of rotatable bonds is 0. The lowest BCUT2D eigenvalue weighted by Crippen LogP contribution is -2.34. The van der Waals surface area contributed by atoms with Crippen molar-refractivity contribution in [1.29, 1.82) is 0 Å². The molecule has 0 unspecified atom stereocenters. The van der Waals surface area contributed by atoms with Crippen LogP contribution >= 0.6 is 0 Å². The van der Waals surface area contributed by atoms with Gasteiger partial charge in [0.15, 0.2) is 0 Å². The molecule has 0 aromatic carbocycles. The summed E-state index contributed by atoms with van der Waals surface area (Å²) < 4.78 is 2.31. The minimum absolute atomic E-state index is 0.0344. The Bertz CT molecular complexity index is 684. The van der Waals surface area contributed by atoms with Crippen LogP contribution in [0.3, 0.4) is 0 Å². The maximum absolute atomic E-state index is 4.63. The molecule has 0 saturated heterocycles. The molecular weight excluding hydrogens is 246 g/mol. The predicted octanol–water partition coefficient (Wildman–Crippen LogP) is 4.15. The van der Waals surface area contributed by atoms with Gasteiger partial charge in [0, 0.05) is 22.5 Å². The van der Waals surface area contributed by atoms with E-state index in [0.29, 0.717) is 0 Å². The zero-order valence-corrected chi connectivity index (χ0v) is 13.7. The van der Waals surface area contributed by atoms with E-state index in [-0.39, 0.29) is 16.4 Å². The Labute approximate surface area is 121 Å². The fraction of sp³-hybridized carbons (Fsp3) is 0.647.